The van der Waals surface area contributed by atoms with Crippen molar-refractivity contribution < 1.29 is 9.59 Å². The number of primary amides is 1. The topological polar surface area (TPSA) is 60.2 Å². The Bertz CT molecular complexity index is 558. The number of carbonyl (C=O) groups excluding carboxylic acids is 2. The van der Waals surface area contributed by atoms with Crippen molar-refractivity contribution in [3.63, 3.8) is 0 Å². The Hall–Kier alpha value is -2.16. The number of amides is 1. The first-order chi connectivity index (χ1) is 8.22. The van der Waals surface area contributed by atoms with Crippen LogP contribution in [0.25, 0.3) is 10.8 Å². The zero-order chi connectivity index (χ0) is 12.3. The maximum atomic E-state index is 11.0. The molecule has 0 aliphatic heterocycles. The second kappa shape index (κ2) is 4.78. The Kier molecular flexibility index (Phi) is 3.19. The molecule has 1 radical (unpaired) electrons. The Morgan fingerprint density at radius 2 is 1.88 bits per heavy atom. The van der Waals surface area contributed by atoms with Crippen LogP contribution in [0.1, 0.15) is 5.56 Å². The Balaban J connectivity index is 2.42. The quantitative estimate of drug-likeness (QED) is 0.805. The lowest BCUT2D eigenvalue weighted by Crippen LogP contribution is -2.26. The SMILES string of the molecule is NC(=O)C([C]=O)Cc1cccc2ccccc12. The number of benzene rings is 2. The highest BCUT2D eigenvalue weighted by molar-refractivity contribution is 5.92. The van der Waals surface area contributed by atoms with E-state index >= 15 is 0 Å². The van der Waals surface area contributed by atoms with Gasteiger partial charge in [0.25, 0.3) is 0 Å². The van der Waals surface area contributed by atoms with Gasteiger partial charge in [-0.2, -0.15) is 0 Å². The molecule has 0 spiro atoms. The lowest BCUT2D eigenvalue weighted by Gasteiger charge is -2.08. The van der Waals surface area contributed by atoms with Crippen molar-refractivity contribution in [1.29, 1.82) is 0 Å². The van der Waals surface area contributed by atoms with Crippen LogP contribution in [0, 0.1) is 5.92 Å². The first-order valence-electron chi connectivity index (χ1n) is 5.36. The highest BCUT2D eigenvalue weighted by Crippen LogP contribution is 2.20. The zero-order valence-corrected chi connectivity index (χ0v) is 9.22. The third kappa shape index (κ3) is 2.33. The average molecular weight is 226 g/mol. The van der Waals surface area contributed by atoms with Gasteiger partial charge in [-0.25, -0.2) is 0 Å². The summed E-state index contributed by atoms with van der Waals surface area (Å²) in [6.45, 7) is 0. The third-order valence-electron chi connectivity index (χ3n) is 2.79. The van der Waals surface area contributed by atoms with E-state index in [-0.39, 0.29) is 0 Å². The van der Waals surface area contributed by atoms with Crippen LogP contribution in [0.3, 0.4) is 0 Å². The molecule has 3 heteroatoms. The molecule has 1 unspecified atom stereocenters. The van der Waals surface area contributed by atoms with Crippen molar-refractivity contribution in [2.45, 2.75) is 6.42 Å². The highest BCUT2D eigenvalue weighted by atomic mass is 16.2. The summed E-state index contributed by atoms with van der Waals surface area (Å²) in [5.41, 5.74) is 6.08. The maximum Gasteiger partial charge on any atom is 0.228 e. The molecule has 2 rings (SSSR count). The Morgan fingerprint density at radius 3 is 2.59 bits per heavy atom. The molecule has 0 bridgehead atoms. The summed E-state index contributed by atoms with van der Waals surface area (Å²) in [6, 6.07) is 13.6. The molecule has 1 amide bonds. The van der Waals surface area contributed by atoms with E-state index in [2.05, 4.69) is 0 Å². The summed E-state index contributed by atoms with van der Waals surface area (Å²) in [4.78, 5) is 21.7. The van der Waals surface area contributed by atoms with Gasteiger partial charge in [0, 0.05) is 0 Å². The molecule has 2 N–H and O–H groups in total. The Morgan fingerprint density at radius 1 is 1.18 bits per heavy atom. The average Bonchev–Trinajstić information content (AvgIpc) is 2.35. The molecule has 1 atom stereocenters. The minimum absolute atomic E-state index is 0.306. The number of hydrogen-bond acceptors (Lipinski definition) is 2. The van der Waals surface area contributed by atoms with Crippen molar-refractivity contribution >= 4 is 23.0 Å². The summed E-state index contributed by atoms with van der Waals surface area (Å²) in [5.74, 6) is -1.51. The van der Waals surface area contributed by atoms with Crippen LogP contribution in [-0.4, -0.2) is 12.2 Å². The molecule has 0 saturated heterocycles. The first kappa shape index (κ1) is 11.3. The third-order valence-corrected chi connectivity index (χ3v) is 2.79. The minimum atomic E-state index is -0.874. The summed E-state index contributed by atoms with van der Waals surface area (Å²) in [6.07, 6.45) is 2.00. The number of nitrogens with two attached hydrogens (primary N) is 1. The van der Waals surface area contributed by atoms with E-state index < -0.39 is 11.8 Å². The molecule has 2 aromatic carbocycles. The second-order valence-corrected chi connectivity index (χ2v) is 3.92. The van der Waals surface area contributed by atoms with Gasteiger partial charge >= 0.3 is 0 Å². The van der Waals surface area contributed by atoms with Gasteiger partial charge in [0.2, 0.25) is 12.2 Å². The van der Waals surface area contributed by atoms with Crippen molar-refractivity contribution in [3.05, 3.63) is 48.0 Å². The molecule has 0 heterocycles. The van der Waals surface area contributed by atoms with E-state index in [9.17, 15) is 9.59 Å². The lowest BCUT2D eigenvalue weighted by molar-refractivity contribution is -0.119. The van der Waals surface area contributed by atoms with Gasteiger partial charge in [-0.1, -0.05) is 42.5 Å². The molecule has 85 valence electrons. The minimum Gasteiger partial charge on any atom is -0.369 e. The predicted molar refractivity (Wildman–Crippen MR) is 66.0 cm³/mol. The van der Waals surface area contributed by atoms with Crippen LogP contribution in [0.4, 0.5) is 0 Å². The molecule has 0 aliphatic carbocycles. The van der Waals surface area contributed by atoms with Gasteiger partial charge < -0.3 is 5.73 Å². The van der Waals surface area contributed by atoms with Crippen LogP contribution in [0.15, 0.2) is 42.5 Å². The van der Waals surface area contributed by atoms with Gasteiger partial charge in [0.15, 0.2) is 0 Å². The standard InChI is InChI=1S/C14H12NO2/c15-14(17)12(9-16)8-11-6-3-5-10-4-1-2-7-13(10)11/h1-7,12H,8H2,(H2,15,17). The predicted octanol–water partition coefficient (Wildman–Crippen LogP) is 1.59. The smallest absolute Gasteiger partial charge is 0.228 e. The maximum absolute atomic E-state index is 11.0. The van der Waals surface area contributed by atoms with Crippen LogP contribution in [0.2, 0.25) is 0 Å². The highest BCUT2D eigenvalue weighted by Gasteiger charge is 2.16. The van der Waals surface area contributed by atoms with Gasteiger partial charge in [-0.3, -0.25) is 9.59 Å². The van der Waals surface area contributed by atoms with Crippen LogP contribution in [-0.2, 0) is 16.0 Å². The van der Waals surface area contributed by atoms with E-state index in [1.54, 1.807) is 6.29 Å². The van der Waals surface area contributed by atoms with Gasteiger partial charge in [0.1, 0.15) is 5.92 Å². The van der Waals surface area contributed by atoms with E-state index in [1.807, 2.05) is 42.5 Å². The van der Waals surface area contributed by atoms with Crippen molar-refractivity contribution in [2.24, 2.45) is 11.7 Å². The van der Waals surface area contributed by atoms with Gasteiger partial charge in [0.05, 0.1) is 0 Å². The summed E-state index contributed by atoms with van der Waals surface area (Å²) < 4.78 is 0. The fraction of sp³-hybridized carbons (Fsp3) is 0.143. The molecule has 2 aromatic rings. The van der Waals surface area contributed by atoms with E-state index in [1.165, 1.54) is 0 Å². The van der Waals surface area contributed by atoms with Crippen molar-refractivity contribution in [3.8, 4) is 0 Å². The number of rotatable bonds is 4. The largest absolute Gasteiger partial charge is 0.369 e. The number of carbonyl (C=O) groups is 1. The molecule has 3 nitrogen and oxygen atoms in total. The second-order valence-electron chi connectivity index (χ2n) is 3.92. The molecular weight excluding hydrogens is 214 g/mol. The van der Waals surface area contributed by atoms with E-state index in [0.29, 0.717) is 6.42 Å². The summed E-state index contributed by atoms with van der Waals surface area (Å²) >= 11 is 0. The molecule has 0 aliphatic rings. The van der Waals surface area contributed by atoms with Crippen LogP contribution in [0.5, 0.6) is 0 Å². The zero-order valence-electron chi connectivity index (χ0n) is 9.22. The Labute approximate surface area is 99.2 Å². The normalized spacial score (nSPS) is 12.2. The van der Waals surface area contributed by atoms with Crippen molar-refractivity contribution in [2.75, 3.05) is 0 Å². The first-order valence-corrected chi connectivity index (χ1v) is 5.36. The van der Waals surface area contributed by atoms with Crippen LogP contribution >= 0.6 is 0 Å². The van der Waals surface area contributed by atoms with Gasteiger partial charge in [-0.05, 0) is 22.8 Å². The van der Waals surface area contributed by atoms with E-state index in [0.717, 1.165) is 16.3 Å². The summed E-state index contributed by atoms with van der Waals surface area (Å²) in [5, 5.41) is 2.12. The fourth-order valence-corrected chi connectivity index (χ4v) is 1.89. The van der Waals surface area contributed by atoms with E-state index in [4.69, 9.17) is 5.73 Å². The molecular formula is C14H12NO2. The fourth-order valence-electron chi connectivity index (χ4n) is 1.89. The monoisotopic (exact) mass is 226 g/mol. The number of fused-ring (bicyclic) bond motifs is 1. The number of hydrogen-bond donors (Lipinski definition) is 1. The lowest BCUT2D eigenvalue weighted by atomic mass is 9.95. The van der Waals surface area contributed by atoms with Crippen LogP contribution < -0.4 is 5.73 Å². The molecule has 0 aromatic heterocycles. The van der Waals surface area contributed by atoms with Gasteiger partial charge in [-0.15, -0.1) is 0 Å². The molecule has 0 fully saturated rings. The van der Waals surface area contributed by atoms with Crippen molar-refractivity contribution in [1.82, 2.24) is 0 Å². The summed E-state index contributed by atoms with van der Waals surface area (Å²) in [7, 11) is 0. The molecule has 17 heavy (non-hydrogen) atoms. The molecule has 0 saturated carbocycles.